The Hall–Kier alpha value is -1.57. The van der Waals surface area contributed by atoms with Crippen molar-refractivity contribution in [3.8, 4) is 0 Å². The lowest BCUT2D eigenvalue weighted by atomic mass is 10.2. The number of hydrogen-bond acceptors (Lipinski definition) is 5. The molecule has 1 fully saturated rings. The van der Waals surface area contributed by atoms with Crippen molar-refractivity contribution in [3.63, 3.8) is 0 Å². The van der Waals surface area contributed by atoms with Gasteiger partial charge in [-0.1, -0.05) is 0 Å². The molecule has 0 radical (unpaired) electrons. The molecule has 0 bridgehead atoms. The summed E-state index contributed by atoms with van der Waals surface area (Å²) >= 11 is 0. The number of carbonyl (C=O) groups excluding carboxylic acids is 1. The molecule has 1 saturated heterocycles. The van der Waals surface area contributed by atoms with Gasteiger partial charge in [0.15, 0.2) is 5.82 Å². The van der Waals surface area contributed by atoms with Crippen LogP contribution in [0.15, 0.2) is 6.33 Å². The smallest absolute Gasteiger partial charge is 0.377 e. The number of esters is 1. The molecule has 100 valence electrons. The number of nitrogens with one attached hydrogen (secondary N) is 1. The fraction of sp³-hybridized carbons (Fsp3) is 0.700. The Morgan fingerprint density at radius 3 is 3.00 bits per heavy atom. The zero-order valence-electron chi connectivity index (χ0n) is 9.90. The van der Waals surface area contributed by atoms with Crippen LogP contribution in [0.3, 0.4) is 0 Å². The summed E-state index contributed by atoms with van der Waals surface area (Å²) in [5.41, 5.74) is 0. The Bertz CT molecular complexity index is 435. The lowest BCUT2D eigenvalue weighted by Crippen LogP contribution is -2.29. The van der Waals surface area contributed by atoms with Gasteiger partial charge in [0, 0.05) is 26.6 Å². The molecular weight excluding hydrogens is 246 g/mol. The molecule has 1 unspecified atom stereocenters. The molecule has 1 aromatic rings. The molecule has 6 nitrogen and oxygen atoms in total. The summed E-state index contributed by atoms with van der Waals surface area (Å²) in [5.74, 6) is -4.09. The van der Waals surface area contributed by atoms with E-state index in [0.29, 0.717) is 18.8 Å². The number of aryl methyl sites for hydroxylation is 1. The van der Waals surface area contributed by atoms with Crippen molar-refractivity contribution in [1.29, 1.82) is 0 Å². The highest BCUT2D eigenvalue weighted by molar-refractivity contribution is 5.79. The van der Waals surface area contributed by atoms with Gasteiger partial charge >= 0.3 is 11.9 Å². The average Bonchev–Trinajstić information content (AvgIpc) is 2.79. The van der Waals surface area contributed by atoms with E-state index in [2.05, 4.69) is 20.1 Å². The maximum Gasteiger partial charge on any atom is 0.377 e. The molecule has 2 heterocycles. The van der Waals surface area contributed by atoms with Gasteiger partial charge in [-0.2, -0.15) is 13.9 Å². The molecule has 0 spiro atoms. The SMILES string of the molecule is Cn1cnc(CCNCC2CC(F)(F)C(=O)O2)n1. The van der Waals surface area contributed by atoms with Crippen LogP contribution in [0.25, 0.3) is 0 Å². The number of nitrogens with zero attached hydrogens (tertiary/aromatic N) is 3. The summed E-state index contributed by atoms with van der Waals surface area (Å²) in [6, 6.07) is 0. The van der Waals surface area contributed by atoms with Gasteiger partial charge in [0.25, 0.3) is 0 Å². The Balaban J connectivity index is 1.66. The van der Waals surface area contributed by atoms with Crippen LogP contribution in [0.5, 0.6) is 0 Å². The van der Waals surface area contributed by atoms with E-state index in [9.17, 15) is 13.6 Å². The van der Waals surface area contributed by atoms with Crippen molar-refractivity contribution in [2.24, 2.45) is 7.05 Å². The molecule has 2 rings (SSSR count). The van der Waals surface area contributed by atoms with Gasteiger partial charge < -0.3 is 10.1 Å². The summed E-state index contributed by atoms with van der Waals surface area (Å²) < 4.78 is 31.8. The van der Waals surface area contributed by atoms with E-state index < -0.39 is 24.4 Å². The maximum absolute atomic E-state index is 12.8. The van der Waals surface area contributed by atoms with Crippen molar-refractivity contribution in [3.05, 3.63) is 12.2 Å². The minimum absolute atomic E-state index is 0.216. The van der Waals surface area contributed by atoms with Crippen LogP contribution in [-0.2, 0) is 23.0 Å². The zero-order chi connectivity index (χ0) is 13.2. The molecule has 1 aromatic heterocycles. The van der Waals surface area contributed by atoms with E-state index in [0.717, 1.165) is 0 Å². The van der Waals surface area contributed by atoms with Crippen molar-refractivity contribution in [2.75, 3.05) is 13.1 Å². The van der Waals surface area contributed by atoms with Crippen molar-refractivity contribution in [1.82, 2.24) is 20.1 Å². The topological polar surface area (TPSA) is 69.0 Å². The normalized spacial score (nSPS) is 22.2. The highest BCUT2D eigenvalue weighted by atomic mass is 19.3. The number of halogens is 2. The molecule has 0 aliphatic carbocycles. The third kappa shape index (κ3) is 3.00. The number of rotatable bonds is 5. The van der Waals surface area contributed by atoms with Gasteiger partial charge in [0.1, 0.15) is 12.4 Å². The number of aromatic nitrogens is 3. The summed E-state index contributed by atoms with van der Waals surface area (Å²) in [7, 11) is 1.77. The summed E-state index contributed by atoms with van der Waals surface area (Å²) in [5, 5.41) is 7.02. The zero-order valence-corrected chi connectivity index (χ0v) is 9.90. The monoisotopic (exact) mass is 260 g/mol. The van der Waals surface area contributed by atoms with Crippen LogP contribution in [-0.4, -0.2) is 45.8 Å². The Morgan fingerprint density at radius 2 is 2.44 bits per heavy atom. The minimum Gasteiger partial charge on any atom is -0.456 e. The van der Waals surface area contributed by atoms with E-state index in [1.807, 2.05) is 0 Å². The van der Waals surface area contributed by atoms with Gasteiger partial charge in [-0.25, -0.2) is 9.78 Å². The molecule has 0 aromatic carbocycles. The van der Waals surface area contributed by atoms with Crippen molar-refractivity contribution >= 4 is 5.97 Å². The molecular formula is C10H14F2N4O2. The summed E-state index contributed by atoms with van der Waals surface area (Å²) in [4.78, 5) is 14.8. The first kappa shape index (κ1) is 12.9. The van der Waals surface area contributed by atoms with Crippen molar-refractivity contribution < 1.29 is 18.3 Å². The van der Waals surface area contributed by atoms with E-state index in [-0.39, 0.29) is 6.54 Å². The van der Waals surface area contributed by atoms with Gasteiger partial charge in [-0.3, -0.25) is 4.68 Å². The molecule has 1 aliphatic rings. The Morgan fingerprint density at radius 1 is 1.67 bits per heavy atom. The molecule has 1 atom stereocenters. The second-order valence-electron chi connectivity index (χ2n) is 4.22. The van der Waals surface area contributed by atoms with Crippen LogP contribution in [0.4, 0.5) is 8.78 Å². The predicted octanol–water partition coefficient (Wildman–Crippen LogP) is -0.102. The summed E-state index contributed by atoms with van der Waals surface area (Å²) in [6.07, 6.45) is 0.872. The molecule has 18 heavy (non-hydrogen) atoms. The van der Waals surface area contributed by atoms with Gasteiger partial charge in [-0.15, -0.1) is 0 Å². The number of ether oxygens (including phenoxy) is 1. The van der Waals surface area contributed by atoms with Crippen LogP contribution in [0, 0.1) is 0 Å². The second kappa shape index (κ2) is 4.97. The number of alkyl halides is 2. The average molecular weight is 260 g/mol. The van der Waals surface area contributed by atoms with Crippen LogP contribution >= 0.6 is 0 Å². The lowest BCUT2D eigenvalue weighted by Gasteiger charge is -2.08. The van der Waals surface area contributed by atoms with E-state index in [1.165, 1.54) is 0 Å². The van der Waals surface area contributed by atoms with Gasteiger partial charge in [-0.05, 0) is 0 Å². The molecule has 0 saturated carbocycles. The van der Waals surface area contributed by atoms with E-state index in [4.69, 9.17) is 0 Å². The maximum atomic E-state index is 12.8. The van der Waals surface area contributed by atoms with E-state index >= 15 is 0 Å². The molecule has 0 amide bonds. The first-order valence-electron chi connectivity index (χ1n) is 5.61. The largest absolute Gasteiger partial charge is 0.456 e. The predicted molar refractivity (Wildman–Crippen MR) is 57.0 cm³/mol. The molecule has 1 N–H and O–H groups in total. The Labute approximate surface area is 102 Å². The third-order valence-electron chi connectivity index (χ3n) is 2.60. The van der Waals surface area contributed by atoms with Gasteiger partial charge in [0.05, 0.1) is 6.42 Å². The van der Waals surface area contributed by atoms with Crippen LogP contribution in [0.2, 0.25) is 0 Å². The Kier molecular flexibility index (Phi) is 3.55. The number of carbonyl (C=O) groups is 1. The summed E-state index contributed by atoms with van der Waals surface area (Å²) in [6.45, 7) is 0.762. The minimum atomic E-state index is -3.34. The molecule has 8 heteroatoms. The van der Waals surface area contributed by atoms with E-state index in [1.54, 1.807) is 18.1 Å². The fourth-order valence-electron chi connectivity index (χ4n) is 1.72. The quantitative estimate of drug-likeness (QED) is 0.591. The van der Waals surface area contributed by atoms with Crippen LogP contribution < -0.4 is 5.32 Å². The first-order valence-corrected chi connectivity index (χ1v) is 5.61. The van der Waals surface area contributed by atoms with Crippen LogP contribution in [0.1, 0.15) is 12.2 Å². The van der Waals surface area contributed by atoms with Crippen molar-refractivity contribution in [2.45, 2.75) is 24.9 Å². The molecule has 1 aliphatic heterocycles. The first-order chi connectivity index (χ1) is 8.47. The fourth-order valence-corrected chi connectivity index (χ4v) is 1.72. The second-order valence-corrected chi connectivity index (χ2v) is 4.22. The number of hydrogen-bond donors (Lipinski definition) is 1. The third-order valence-corrected chi connectivity index (χ3v) is 2.60. The highest BCUT2D eigenvalue weighted by Gasteiger charge is 2.50. The highest BCUT2D eigenvalue weighted by Crippen LogP contribution is 2.30. The standard InChI is InChI=1S/C10H14F2N4O2/c1-16-6-14-8(15-16)2-3-13-5-7-4-10(11,12)9(17)18-7/h6-7,13H,2-5H2,1H3. The van der Waals surface area contributed by atoms with Gasteiger partial charge in [0.2, 0.25) is 0 Å². The lowest BCUT2D eigenvalue weighted by molar-refractivity contribution is -0.158. The number of cyclic esters (lactones) is 1.